The molecule has 1 heterocycles. The van der Waals surface area contributed by atoms with E-state index in [1.807, 2.05) is 24.3 Å². The van der Waals surface area contributed by atoms with Crippen LogP contribution in [-0.4, -0.2) is 22.1 Å². The normalized spacial score (nSPS) is 10.3. The molecule has 1 aromatic carbocycles. The molecule has 0 atom stereocenters. The average Bonchev–Trinajstić information content (AvgIpc) is 2.93. The summed E-state index contributed by atoms with van der Waals surface area (Å²) in [6.07, 6.45) is 2.09. The Morgan fingerprint density at radius 1 is 1.18 bits per heavy atom. The van der Waals surface area contributed by atoms with Gasteiger partial charge in [0.15, 0.2) is 0 Å². The molecule has 1 aromatic heterocycles. The van der Waals surface area contributed by atoms with Crippen molar-refractivity contribution in [3.05, 3.63) is 52.8 Å². The van der Waals surface area contributed by atoms with E-state index in [0.29, 0.717) is 17.9 Å². The number of nitrogens with zero attached hydrogens (tertiary/aromatic N) is 1. The maximum Gasteiger partial charge on any atom is 0.286 e. The van der Waals surface area contributed by atoms with E-state index in [1.54, 1.807) is 41.7 Å². The summed E-state index contributed by atoms with van der Waals surface area (Å²) < 4.78 is 2.70. The number of benzene rings is 1. The largest absolute Gasteiger partial charge is 0.347 e. The van der Waals surface area contributed by atoms with Gasteiger partial charge in [-0.15, -0.1) is 11.8 Å². The summed E-state index contributed by atoms with van der Waals surface area (Å²) in [6.45, 7) is 0. The fourth-order valence-electron chi connectivity index (χ4n) is 1.77. The van der Waals surface area contributed by atoms with Crippen LogP contribution in [0.5, 0.6) is 0 Å². The molecule has 2 aromatic rings. The molecule has 0 saturated carbocycles. The summed E-state index contributed by atoms with van der Waals surface area (Å²) in [5.74, 6) is 0.0792. The average molecular weight is 382 g/mol. The minimum Gasteiger partial charge on any atom is -0.347 e. The number of hydrogen-bond donors (Lipinski definition) is 2. The minimum atomic E-state index is -0.334. The number of carbonyl (C=O) groups is 2. The van der Waals surface area contributed by atoms with Crippen molar-refractivity contribution >= 4 is 39.5 Å². The van der Waals surface area contributed by atoms with Crippen molar-refractivity contribution in [2.24, 2.45) is 7.05 Å². The lowest BCUT2D eigenvalue weighted by Gasteiger charge is -2.08. The van der Waals surface area contributed by atoms with Gasteiger partial charge in [0.2, 0.25) is 5.91 Å². The van der Waals surface area contributed by atoms with Crippen molar-refractivity contribution in [3.63, 3.8) is 0 Å². The fourth-order valence-corrected chi connectivity index (χ4v) is 3.28. The van der Waals surface area contributed by atoms with Crippen LogP contribution in [0, 0.1) is 0 Å². The predicted octanol–water partition coefficient (Wildman–Crippen LogP) is 2.73. The van der Waals surface area contributed by atoms with Crippen LogP contribution in [0.4, 0.5) is 0 Å². The zero-order chi connectivity index (χ0) is 15.9. The van der Waals surface area contributed by atoms with Crippen LogP contribution >= 0.6 is 27.7 Å². The molecule has 0 aliphatic carbocycles. The fraction of sp³-hybridized carbons (Fsp3) is 0.200. The maximum absolute atomic E-state index is 11.8. The van der Waals surface area contributed by atoms with Crippen molar-refractivity contribution in [2.75, 3.05) is 5.75 Å². The molecule has 5 nitrogen and oxygen atoms in total. The number of carbonyl (C=O) groups excluding carboxylic acids is 2. The van der Waals surface area contributed by atoms with Gasteiger partial charge in [0.1, 0.15) is 5.69 Å². The Balaban J connectivity index is 1.71. The first-order valence-electron chi connectivity index (χ1n) is 6.66. The summed E-state index contributed by atoms with van der Waals surface area (Å²) in [7, 11) is 1.77. The van der Waals surface area contributed by atoms with Gasteiger partial charge in [-0.1, -0.05) is 12.1 Å². The highest BCUT2D eigenvalue weighted by molar-refractivity contribution is 9.10. The molecule has 0 fully saturated rings. The second-order valence-electron chi connectivity index (χ2n) is 4.54. The number of hydrazine groups is 1. The van der Waals surface area contributed by atoms with E-state index in [0.717, 1.165) is 9.37 Å². The van der Waals surface area contributed by atoms with Gasteiger partial charge in [0.05, 0.1) is 0 Å². The van der Waals surface area contributed by atoms with E-state index < -0.39 is 0 Å². The molecule has 0 spiro atoms. The van der Waals surface area contributed by atoms with Crippen LogP contribution in [0.3, 0.4) is 0 Å². The smallest absolute Gasteiger partial charge is 0.286 e. The van der Waals surface area contributed by atoms with Crippen molar-refractivity contribution in [2.45, 2.75) is 11.3 Å². The standard InChI is InChI=1S/C15H16BrN3O2S/c1-19-9-4-6-12(19)15(21)18-17-14(20)8-10-22-13-7-3-2-5-11(13)16/h2-7,9H,8,10H2,1H3,(H,17,20)(H,18,21). The minimum absolute atomic E-state index is 0.220. The van der Waals surface area contributed by atoms with E-state index >= 15 is 0 Å². The molecule has 2 N–H and O–H groups in total. The molecule has 0 radical (unpaired) electrons. The number of nitrogens with one attached hydrogen (secondary N) is 2. The second-order valence-corrected chi connectivity index (χ2v) is 6.53. The molecule has 0 aliphatic rings. The number of thioether (sulfide) groups is 1. The van der Waals surface area contributed by atoms with Gasteiger partial charge in [0, 0.05) is 34.8 Å². The van der Waals surface area contributed by atoms with Crippen LogP contribution in [0.2, 0.25) is 0 Å². The molecule has 7 heteroatoms. The van der Waals surface area contributed by atoms with Crippen molar-refractivity contribution < 1.29 is 9.59 Å². The number of aryl methyl sites for hydroxylation is 1. The highest BCUT2D eigenvalue weighted by Gasteiger charge is 2.10. The number of amides is 2. The first kappa shape index (κ1) is 16.6. The Morgan fingerprint density at radius 2 is 1.95 bits per heavy atom. The maximum atomic E-state index is 11.8. The highest BCUT2D eigenvalue weighted by atomic mass is 79.9. The number of hydrogen-bond acceptors (Lipinski definition) is 3. The van der Waals surface area contributed by atoms with Crippen LogP contribution in [0.15, 0.2) is 52.0 Å². The summed E-state index contributed by atoms with van der Waals surface area (Å²) in [6, 6.07) is 11.3. The molecule has 2 rings (SSSR count). The van der Waals surface area contributed by atoms with Gasteiger partial charge < -0.3 is 4.57 Å². The van der Waals surface area contributed by atoms with Crippen molar-refractivity contribution in [1.82, 2.24) is 15.4 Å². The van der Waals surface area contributed by atoms with Crippen molar-refractivity contribution in [3.8, 4) is 0 Å². The quantitative estimate of drug-likeness (QED) is 0.618. The van der Waals surface area contributed by atoms with E-state index in [9.17, 15) is 9.59 Å². The van der Waals surface area contributed by atoms with Crippen LogP contribution < -0.4 is 10.9 Å². The Hall–Kier alpha value is -1.73. The topological polar surface area (TPSA) is 63.1 Å². The SMILES string of the molecule is Cn1cccc1C(=O)NNC(=O)CCSc1ccccc1Br. The van der Waals surface area contributed by atoms with Crippen molar-refractivity contribution in [1.29, 1.82) is 0 Å². The molecule has 22 heavy (non-hydrogen) atoms. The third kappa shape index (κ3) is 4.64. The second kappa shape index (κ2) is 8.05. The number of rotatable bonds is 5. The van der Waals surface area contributed by atoms with Gasteiger partial charge in [-0.3, -0.25) is 20.4 Å². The molecule has 0 bridgehead atoms. The van der Waals surface area contributed by atoms with Crippen LogP contribution in [0.25, 0.3) is 0 Å². The van der Waals surface area contributed by atoms with Crippen LogP contribution in [0.1, 0.15) is 16.9 Å². The van der Waals surface area contributed by atoms with Gasteiger partial charge in [-0.2, -0.15) is 0 Å². The Bertz CT molecular complexity index is 672. The predicted molar refractivity (Wildman–Crippen MR) is 90.5 cm³/mol. The first-order valence-corrected chi connectivity index (χ1v) is 8.43. The lowest BCUT2D eigenvalue weighted by Crippen LogP contribution is -2.42. The zero-order valence-corrected chi connectivity index (χ0v) is 14.4. The lowest BCUT2D eigenvalue weighted by molar-refractivity contribution is -0.121. The molecule has 0 saturated heterocycles. The summed E-state index contributed by atoms with van der Waals surface area (Å²) in [4.78, 5) is 24.6. The number of aromatic nitrogens is 1. The highest BCUT2D eigenvalue weighted by Crippen LogP contribution is 2.27. The molecule has 116 valence electrons. The molecular weight excluding hydrogens is 366 g/mol. The third-order valence-corrected chi connectivity index (χ3v) is 4.94. The van der Waals surface area contributed by atoms with E-state index in [-0.39, 0.29) is 11.8 Å². The van der Waals surface area contributed by atoms with Gasteiger partial charge >= 0.3 is 0 Å². The Labute approximate surface area is 141 Å². The van der Waals surface area contributed by atoms with E-state index in [2.05, 4.69) is 26.8 Å². The molecule has 0 unspecified atom stereocenters. The summed E-state index contributed by atoms with van der Waals surface area (Å²) in [5, 5.41) is 0. The van der Waals surface area contributed by atoms with E-state index in [4.69, 9.17) is 0 Å². The molecule has 2 amide bonds. The third-order valence-electron chi connectivity index (χ3n) is 2.92. The molecule has 0 aliphatic heterocycles. The van der Waals surface area contributed by atoms with E-state index in [1.165, 1.54) is 0 Å². The number of halogens is 1. The Morgan fingerprint density at radius 3 is 2.64 bits per heavy atom. The monoisotopic (exact) mass is 381 g/mol. The first-order chi connectivity index (χ1) is 10.6. The Kier molecular flexibility index (Phi) is 6.09. The van der Waals surface area contributed by atoms with Crippen LogP contribution in [-0.2, 0) is 11.8 Å². The van der Waals surface area contributed by atoms with Gasteiger partial charge in [-0.05, 0) is 40.2 Å². The molecular formula is C15H16BrN3O2S. The van der Waals surface area contributed by atoms with Gasteiger partial charge in [0.25, 0.3) is 5.91 Å². The lowest BCUT2D eigenvalue weighted by atomic mass is 10.4. The van der Waals surface area contributed by atoms with Gasteiger partial charge in [-0.25, -0.2) is 0 Å². The summed E-state index contributed by atoms with van der Waals surface area (Å²) in [5.41, 5.74) is 5.32. The summed E-state index contributed by atoms with van der Waals surface area (Å²) >= 11 is 5.05. The zero-order valence-electron chi connectivity index (χ0n) is 12.0.